The summed E-state index contributed by atoms with van der Waals surface area (Å²) < 4.78 is 32.3. The Morgan fingerprint density at radius 2 is 1.34 bits per heavy atom. The Morgan fingerprint density at radius 3 is 1.91 bits per heavy atom. The van der Waals surface area contributed by atoms with Gasteiger partial charge in [0.1, 0.15) is 5.75 Å². The number of methoxy groups -OCH3 is 6. The fourth-order valence-electron chi connectivity index (χ4n) is 3.36. The molecule has 0 heterocycles. The van der Waals surface area contributed by atoms with E-state index in [-0.39, 0.29) is 19.0 Å². The Morgan fingerprint density at radius 1 is 0.750 bits per heavy atom. The van der Waals surface area contributed by atoms with Crippen molar-refractivity contribution >= 4 is 5.91 Å². The van der Waals surface area contributed by atoms with Crippen LogP contribution in [0.15, 0.2) is 24.3 Å². The molecule has 0 atom stereocenters. The molecule has 0 aromatic heterocycles. The van der Waals surface area contributed by atoms with E-state index < -0.39 is 0 Å². The number of amides is 1. The summed E-state index contributed by atoms with van der Waals surface area (Å²) in [7, 11) is 11.2. The molecule has 0 saturated carbocycles. The van der Waals surface area contributed by atoms with Crippen LogP contribution in [0.1, 0.15) is 11.1 Å². The summed E-state index contributed by atoms with van der Waals surface area (Å²) >= 11 is 0. The highest BCUT2D eigenvalue weighted by molar-refractivity contribution is 5.78. The van der Waals surface area contributed by atoms with Gasteiger partial charge in [-0.2, -0.15) is 0 Å². The number of nitrogens with zero attached hydrogens (tertiary/aromatic N) is 1. The standard InChI is InChI=1S/C23H32N2O7/c1-25(13-15-8-9-17(27-2)23(32-7)22(15)31-6)14-21(26)24-12-16-10-19(29-4)20(30-5)11-18(16)28-3/h8-11H,12-14H2,1-7H3,(H,24,26). The lowest BCUT2D eigenvalue weighted by atomic mass is 10.1. The minimum absolute atomic E-state index is 0.135. The smallest absolute Gasteiger partial charge is 0.234 e. The minimum Gasteiger partial charge on any atom is -0.496 e. The number of nitrogens with one attached hydrogen (secondary N) is 1. The molecule has 1 amide bonds. The average molecular weight is 449 g/mol. The first-order chi connectivity index (χ1) is 15.4. The van der Waals surface area contributed by atoms with Gasteiger partial charge in [-0.25, -0.2) is 0 Å². The molecule has 0 aliphatic heterocycles. The number of benzene rings is 2. The van der Waals surface area contributed by atoms with E-state index in [4.69, 9.17) is 28.4 Å². The van der Waals surface area contributed by atoms with Gasteiger partial charge in [-0.15, -0.1) is 0 Å². The molecule has 1 N–H and O–H groups in total. The van der Waals surface area contributed by atoms with Crippen LogP contribution in [0.2, 0.25) is 0 Å². The van der Waals surface area contributed by atoms with Crippen LogP contribution in [-0.4, -0.2) is 67.1 Å². The zero-order chi connectivity index (χ0) is 23.7. The lowest BCUT2D eigenvalue weighted by Gasteiger charge is -2.20. The maximum Gasteiger partial charge on any atom is 0.234 e. The molecule has 0 bridgehead atoms. The summed E-state index contributed by atoms with van der Waals surface area (Å²) in [6.45, 7) is 0.958. The van der Waals surface area contributed by atoms with Crippen molar-refractivity contribution in [2.24, 2.45) is 0 Å². The van der Waals surface area contributed by atoms with Crippen LogP contribution in [0.25, 0.3) is 0 Å². The van der Waals surface area contributed by atoms with E-state index in [0.29, 0.717) is 41.0 Å². The Balaban J connectivity index is 2.04. The summed E-state index contributed by atoms with van der Waals surface area (Å²) in [5.74, 6) is 3.27. The molecule has 0 radical (unpaired) electrons. The third-order valence-electron chi connectivity index (χ3n) is 4.90. The van der Waals surface area contributed by atoms with Crippen LogP contribution in [-0.2, 0) is 17.9 Å². The van der Waals surface area contributed by atoms with Gasteiger partial charge in [0.2, 0.25) is 11.7 Å². The monoisotopic (exact) mass is 448 g/mol. The van der Waals surface area contributed by atoms with Crippen molar-refractivity contribution in [2.75, 3.05) is 56.3 Å². The normalized spacial score (nSPS) is 10.5. The molecule has 0 fully saturated rings. The molecule has 9 nitrogen and oxygen atoms in total. The Kier molecular flexibility index (Phi) is 9.27. The summed E-state index contributed by atoms with van der Waals surface area (Å²) in [6, 6.07) is 7.23. The fourth-order valence-corrected chi connectivity index (χ4v) is 3.36. The van der Waals surface area contributed by atoms with Crippen molar-refractivity contribution in [2.45, 2.75) is 13.1 Å². The third kappa shape index (κ3) is 5.88. The van der Waals surface area contributed by atoms with Crippen LogP contribution in [0.5, 0.6) is 34.5 Å². The molecule has 0 unspecified atom stereocenters. The van der Waals surface area contributed by atoms with Crippen molar-refractivity contribution in [1.82, 2.24) is 10.2 Å². The zero-order valence-electron chi connectivity index (χ0n) is 19.7. The molecule has 176 valence electrons. The highest BCUT2D eigenvalue weighted by Gasteiger charge is 2.18. The van der Waals surface area contributed by atoms with E-state index in [1.165, 1.54) is 0 Å². The van der Waals surface area contributed by atoms with E-state index in [1.807, 2.05) is 24.1 Å². The minimum atomic E-state index is -0.135. The largest absolute Gasteiger partial charge is 0.496 e. The Bertz CT molecular complexity index is 918. The van der Waals surface area contributed by atoms with Gasteiger partial charge in [0.05, 0.1) is 49.2 Å². The van der Waals surface area contributed by atoms with Gasteiger partial charge in [-0.1, -0.05) is 6.07 Å². The number of hydrogen-bond acceptors (Lipinski definition) is 8. The van der Waals surface area contributed by atoms with Gasteiger partial charge in [-0.3, -0.25) is 9.69 Å². The van der Waals surface area contributed by atoms with Gasteiger partial charge in [0.15, 0.2) is 23.0 Å². The van der Waals surface area contributed by atoms with E-state index in [1.54, 1.807) is 54.8 Å². The van der Waals surface area contributed by atoms with Crippen molar-refractivity contribution in [3.8, 4) is 34.5 Å². The van der Waals surface area contributed by atoms with Gasteiger partial charge in [0.25, 0.3) is 0 Å². The second kappa shape index (κ2) is 11.9. The van der Waals surface area contributed by atoms with Gasteiger partial charge < -0.3 is 33.7 Å². The summed E-state index contributed by atoms with van der Waals surface area (Å²) in [5.41, 5.74) is 1.66. The number of carbonyl (C=O) groups is 1. The first-order valence-corrected chi connectivity index (χ1v) is 9.94. The number of hydrogen-bond donors (Lipinski definition) is 1. The first-order valence-electron chi connectivity index (χ1n) is 9.94. The number of rotatable bonds is 12. The predicted molar refractivity (Wildman–Crippen MR) is 120 cm³/mol. The van der Waals surface area contributed by atoms with Crippen LogP contribution in [0, 0.1) is 0 Å². The molecule has 0 aliphatic carbocycles. The van der Waals surface area contributed by atoms with E-state index >= 15 is 0 Å². The van der Waals surface area contributed by atoms with Crippen molar-refractivity contribution < 1.29 is 33.2 Å². The zero-order valence-corrected chi connectivity index (χ0v) is 19.7. The van der Waals surface area contributed by atoms with Crippen LogP contribution < -0.4 is 33.7 Å². The lowest BCUT2D eigenvalue weighted by molar-refractivity contribution is -0.122. The van der Waals surface area contributed by atoms with Crippen LogP contribution >= 0.6 is 0 Å². The van der Waals surface area contributed by atoms with Crippen LogP contribution in [0.3, 0.4) is 0 Å². The highest BCUT2D eigenvalue weighted by atomic mass is 16.5. The van der Waals surface area contributed by atoms with Crippen molar-refractivity contribution in [3.05, 3.63) is 35.4 Å². The Labute approximate surface area is 189 Å². The topological polar surface area (TPSA) is 87.7 Å². The lowest BCUT2D eigenvalue weighted by Crippen LogP contribution is -2.34. The van der Waals surface area contributed by atoms with Crippen molar-refractivity contribution in [1.29, 1.82) is 0 Å². The van der Waals surface area contributed by atoms with E-state index in [0.717, 1.165) is 11.1 Å². The van der Waals surface area contributed by atoms with Crippen LogP contribution in [0.4, 0.5) is 0 Å². The van der Waals surface area contributed by atoms with E-state index in [2.05, 4.69) is 5.32 Å². The second-order valence-corrected chi connectivity index (χ2v) is 6.96. The average Bonchev–Trinajstić information content (AvgIpc) is 2.81. The maximum atomic E-state index is 12.5. The van der Waals surface area contributed by atoms with Gasteiger partial charge >= 0.3 is 0 Å². The van der Waals surface area contributed by atoms with Gasteiger partial charge in [0, 0.05) is 30.3 Å². The molecular weight excluding hydrogens is 416 g/mol. The maximum absolute atomic E-state index is 12.5. The fraction of sp³-hybridized carbons (Fsp3) is 0.435. The molecule has 32 heavy (non-hydrogen) atoms. The molecule has 9 heteroatoms. The summed E-state index contributed by atoms with van der Waals surface area (Å²) in [4.78, 5) is 14.4. The Hall–Kier alpha value is -3.33. The molecular formula is C23H32N2O7. The first kappa shape index (κ1) is 24.9. The SMILES string of the molecule is COc1cc(OC)c(OC)cc1CNC(=O)CN(C)Cc1ccc(OC)c(OC)c1OC. The van der Waals surface area contributed by atoms with E-state index in [9.17, 15) is 4.79 Å². The predicted octanol–water partition coefficient (Wildman–Crippen LogP) is 2.49. The van der Waals surface area contributed by atoms with Crippen molar-refractivity contribution in [3.63, 3.8) is 0 Å². The molecule has 0 spiro atoms. The quantitative estimate of drug-likeness (QED) is 0.530. The molecule has 2 aromatic carbocycles. The summed E-state index contributed by atoms with van der Waals surface area (Å²) in [5, 5.41) is 2.92. The molecule has 2 rings (SSSR count). The number of likely N-dealkylation sites (N-methyl/N-ethyl adjacent to an activating group) is 1. The third-order valence-corrected chi connectivity index (χ3v) is 4.90. The molecule has 0 saturated heterocycles. The summed E-state index contributed by atoms with van der Waals surface area (Å²) in [6.07, 6.45) is 0. The highest BCUT2D eigenvalue weighted by Crippen LogP contribution is 2.40. The van der Waals surface area contributed by atoms with Gasteiger partial charge in [-0.05, 0) is 19.2 Å². The number of ether oxygens (including phenoxy) is 6. The molecule has 2 aromatic rings. The number of carbonyl (C=O) groups excluding carboxylic acids is 1. The molecule has 0 aliphatic rings. The second-order valence-electron chi connectivity index (χ2n) is 6.96.